The Bertz CT molecular complexity index is 862. The Morgan fingerprint density at radius 2 is 2.12 bits per heavy atom. The lowest BCUT2D eigenvalue weighted by Gasteiger charge is -2.33. The highest BCUT2D eigenvalue weighted by molar-refractivity contribution is 5.94. The minimum absolute atomic E-state index is 0.0581. The number of pyridine rings is 1. The number of ether oxygens (including phenoxy) is 1. The molecule has 26 heavy (non-hydrogen) atoms. The lowest BCUT2D eigenvalue weighted by Crippen LogP contribution is -2.47. The Hall–Kier alpha value is -2.54. The van der Waals surface area contributed by atoms with Gasteiger partial charge in [0.25, 0.3) is 11.5 Å². The second-order valence-corrected chi connectivity index (χ2v) is 6.69. The summed E-state index contributed by atoms with van der Waals surface area (Å²) in [5.74, 6) is -0.225. The van der Waals surface area contributed by atoms with Crippen LogP contribution in [0, 0.1) is 13.8 Å². The monoisotopic (exact) mass is 356 g/mol. The molecular weight excluding hydrogens is 332 g/mol. The molecule has 138 valence electrons. The van der Waals surface area contributed by atoms with Gasteiger partial charge in [0.2, 0.25) is 0 Å². The first-order chi connectivity index (χ1) is 12.5. The van der Waals surface area contributed by atoms with Crippen LogP contribution in [-0.4, -0.2) is 51.1 Å². The van der Waals surface area contributed by atoms with Crippen LogP contribution in [0.4, 0.5) is 0 Å². The van der Waals surface area contributed by atoms with Crippen LogP contribution in [0.5, 0.6) is 0 Å². The first-order valence-electron chi connectivity index (χ1n) is 8.80. The third kappa shape index (κ3) is 3.99. The van der Waals surface area contributed by atoms with Crippen LogP contribution < -0.4 is 5.56 Å². The summed E-state index contributed by atoms with van der Waals surface area (Å²) in [5, 5.41) is 0. The quantitative estimate of drug-likeness (QED) is 0.824. The van der Waals surface area contributed by atoms with E-state index in [9.17, 15) is 9.59 Å². The summed E-state index contributed by atoms with van der Waals surface area (Å²) in [7, 11) is 1.68. The third-order valence-corrected chi connectivity index (χ3v) is 4.79. The molecule has 2 aromatic heterocycles. The van der Waals surface area contributed by atoms with Crippen LogP contribution in [0.3, 0.4) is 0 Å². The number of aryl methyl sites for hydroxylation is 3. The van der Waals surface area contributed by atoms with Crippen molar-refractivity contribution in [2.75, 3.05) is 19.7 Å². The average molecular weight is 356 g/mol. The largest absolute Gasteiger partial charge is 0.375 e. The van der Waals surface area contributed by atoms with Crippen molar-refractivity contribution in [3.05, 3.63) is 57.5 Å². The predicted octanol–water partition coefficient (Wildman–Crippen LogP) is 1.27. The molecular formula is C19H24N4O3. The number of aromatic nitrogens is 3. The van der Waals surface area contributed by atoms with Gasteiger partial charge < -0.3 is 14.2 Å². The highest BCUT2D eigenvalue weighted by Gasteiger charge is 2.26. The predicted molar refractivity (Wildman–Crippen MR) is 97.2 cm³/mol. The maximum atomic E-state index is 12.8. The van der Waals surface area contributed by atoms with Crippen molar-refractivity contribution >= 4 is 5.91 Å². The van der Waals surface area contributed by atoms with Crippen LogP contribution in [-0.2, 0) is 18.2 Å². The van der Waals surface area contributed by atoms with E-state index in [0.717, 1.165) is 29.9 Å². The van der Waals surface area contributed by atoms with E-state index in [1.807, 2.05) is 19.9 Å². The molecule has 1 fully saturated rings. The van der Waals surface area contributed by atoms with Crippen molar-refractivity contribution in [2.24, 2.45) is 7.05 Å². The molecule has 1 amide bonds. The van der Waals surface area contributed by atoms with E-state index in [0.29, 0.717) is 19.7 Å². The van der Waals surface area contributed by atoms with E-state index in [1.165, 1.54) is 4.57 Å². The van der Waals surface area contributed by atoms with Crippen molar-refractivity contribution in [2.45, 2.75) is 32.8 Å². The lowest BCUT2D eigenvalue weighted by atomic mass is 10.1. The fourth-order valence-electron chi connectivity index (χ4n) is 3.09. The summed E-state index contributed by atoms with van der Waals surface area (Å²) in [6.45, 7) is 5.24. The zero-order valence-electron chi connectivity index (χ0n) is 15.4. The number of carbonyl (C=O) groups excluding carboxylic acids is 1. The minimum Gasteiger partial charge on any atom is -0.375 e. The number of amides is 1. The Balaban J connectivity index is 1.65. The van der Waals surface area contributed by atoms with E-state index in [4.69, 9.17) is 4.74 Å². The van der Waals surface area contributed by atoms with E-state index >= 15 is 0 Å². The van der Waals surface area contributed by atoms with Gasteiger partial charge >= 0.3 is 0 Å². The molecule has 0 bridgehead atoms. The maximum absolute atomic E-state index is 12.8. The minimum atomic E-state index is -0.255. The van der Waals surface area contributed by atoms with Crippen LogP contribution in [0.2, 0.25) is 0 Å². The van der Waals surface area contributed by atoms with Crippen molar-refractivity contribution in [3.8, 4) is 0 Å². The van der Waals surface area contributed by atoms with E-state index in [2.05, 4.69) is 9.97 Å². The summed E-state index contributed by atoms with van der Waals surface area (Å²) < 4.78 is 7.30. The fraction of sp³-hybridized carbons (Fsp3) is 0.474. The Morgan fingerprint density at radius 3 is 2.88 bits per heavy atom. The van der Waals surface area contributed by atoms with Crippen LogP contribution in [0.25, 0.3) is 0 Å². The second-order valence-electron chi connectivity index (χ2n) is 6.69. The van der Waals surface area contributed by atoms with E-state index < -0.39 is 0 Å². The molecule has 7 nitrogen and oxygen atoms in total. The molecule has 0 aliphatic carbocycles. The van der Waals surface area contributed by atoms with Gasteiger partial charge in [0.05, 0.1) is 12.7 Å². The molecule has 2 aromatic rings. The fourth-order valence-corrected chi connectivity index (χ4v) is 3.09. The molecule has 0 unspecified atom stereocenters. The summed E-state index contributed by atoms with van der Waals surface area (Å²) in [5.41, 5.74) is 2.69. The van der Waals surface area contributed by atoms with Crippen LogP contribution in [0.15, 0.2) is 29.3 Å². The van der Waals surface area contributed by atoms with Gasteiger partial charge in [-0.15, -0.1) is 0 Å². The summed E-state index contributed by atoms with van der Waals surface area (Å²) in [6, 6.07) is 5.37. The molecule has 0 spiro atoms. The number of morpholine rings is 1. The molecule has 0 radical (unpaired) electrons. The van der Waals surface area contributed by atoms with Crippen LogP contribution in [0.1, 0.15) is 33.9 Å². The van der Waals surface area contributed by atoms with Gasteiger partial charge in [-0.25, -0.2) is 9.97 Å². The van der Waals surface area contributed by atoms with Crippen molar-refractivity contribution in [1.82, 2.24) is 19.4 Å². The molecule has 0 saturated carbocycles. The maximum Gasteiger partial charge on any atom is 0.263 e. The summed E-state index contributed by atoms with van der Waals surface area (Å²) >= 11 is 0. The lowest BCUT2D eigenvalue weighted by molar-refractivity contribution is -0.0247. The van der Waals surface area contributed by atoms with E-state index in [-0.39, 0.29) is 23.1 Å². The third-order valence-electron chi connectivity index (χ3n) is 4.79. The van der Waals surface area contributed by atoms with Gasteiger partial charge in [-0.2, -0.15) is 0 Å². The summed E-state index contributed by atoms with van der Waals surface area (Å²) in [6.07, 6.45) is 3.04. The number of carbonyl (C=O) groups is 1. The highest BCUT2D eigenvalue weighted by atomic mass is 16.5. The molecule has 3 rings (SSSR count). The SMILES string of the molecule is Cc1cc(CC[C@H]2CN(C(=O)c3ccc(C)n(C)c3=O)CCO2)ncn1. The van der Waals surface area contributed by atoms with Crippen LogP contribution >= 0.6 is 0 Å². The molecule has 7 heteroatoms. The van der Waals surface area contributed by atoms with Gasteiger partial charge in [-0.1, -0.05) is 0 Å². The number of rotatable bonds is 4. The average Bonchev–Trinajstić information content (AvgIpc) is 2.64. The topological polar surface area (TPSA) is 77.3 Å². The van der Waals surface area contributed by atoms with E-state index in [1.54, 1.807) is 30.4 Å². The molecule has 1 atom stereocenters. The first kappa shape index (κ1) is 18.3. The molecule has 0 N–H and O–H groups in total. The number of hydrogen-bond acceptors (Lipinski definition) is 5. The summed E-state index contributed by atoms with van der Waals surface area (Å²) in [4.78, 5) is 35.2. The number of hydrogen-bond donors (Lipinski definition) is 0. The molecule has 0 aromatic carbocycles. The Morgan fingerprint density at radius 1 is 1.31 bits per heavy atom. The van der Waals surface area contributed by atoms with Gasteiger partial charge in [-0.05, 0) is 44.9 Å². The molecule has 1 aliphatic rings. The zero-order chi connectivity index (χ0) is 18.7. The Labute approximate surface area is 152 Å². The molecule has 3 heterocycles. The number of nitrogens with zero attached hydrogens (tertiary/aromatic N) is 4. The molecule has 1 saturated heterocycles. The standard InChI is InChI=1S/C19H24N4O3/c1-13-10-15(21-12-20-13)5-6-16-11-23(8-9-26-16)19(25)17-7-4-14(2)22(3)18(17)24/h4,7,10,12,16H,5-6,8-9,11H2,1-3H3/t16-/m0/s1. The van der Waals surface area contributed by atoms with Crippen molar-refractivity contribution in [1.29, 1.82) is 0 Å². The highest BCUT2D eigenvalue weighted by Crippen LogP contribution is 2.14. The van der Waals surface area contributed by atoms with Gasteiger partial charge in [0, 0.05) is 37.2 Å². The van der Waals surface area contributed by atoms with Gasteiger partial charge in [0.1, 0.15) is 11.9 Å². The normalized spacial score (nSPS) is 17.3. The van der Waals surface area contributed by atoms with Crippen molar-refractivity contribution < 1.29 is 9.53 Å². The molecule has 1 aliphatic heterocycles. The van der Waals surface area contributed by atoms with Gasteiger partial charge in [0.15, 0.2) is 0 Å². The smallest absolute Gasteiger partial charge is 0.263 e. The van der Waals surface area contributed by atoms with Crippen molar-refractivity contribution in [3.63, 3.8) is 0 Å². The zero-order valence-corrected chi connectivity index (χ0v) is 15.4. The van der Waals surface area contributed by atoms with Gasteiger partial charge in [-0.3, -0.25) is 9.59 Å². The Kier molecular flexibility index (Phi) is 5.46. The first-order valence-corrected chi connectivity index (χ1v) is 8.80. The second kappa shape index (κ2) is 7.78.